The van der Waals surface area contributed by atoms with Crippen molar-refractivity contribution < 1.29 is 14.3 Å². The smallest absolute Gasteiger partial charge is 0.270 e. The molecule has 24 heavy (non-hydrogen) atoms. The third-order valence-corrected chi connectivity index (χ3v) is 4.43. The number of aromatic amines is 1. The van der Waals surface area contributed by atoms with Crippen LogP contribution in [0.1, 0.15) is 33.7 Å². The number of likely N-dealkylation sites (tertiary alicyclic amines) is 1. The van der Waals surface area contributed by atoms with Crippen LogP contribution in [0, 0.1) is 0 Å². The van der Waals surface area contributed by atoms with Gasteiger partial charge in [-0.25, -0.2) is 0 Å². The molecule has 1 aliphatic rings. The monoisotopic (exact) mass is 366 g/mol. The maximum absolute atomic E-state index is 12.3. The molecule has 1 saturated heterocycles. The normalized spacial score (nSPS) is 14.0. The lowest BCUT2D eigenvalue weighted by atomic mass is 10.2. The third kappa shape index (κ3) is 3.74. The second kappa shape index (κ2) is 7.28. The van der Waals surface area contributed by atoms with Gasteiger partial charge in [0.15, 0.2) is 6.61 Å². The summed E-state index contributed by atoms with van der Waals surface area (Å²) in [4.78, 5) is 29.1. The van der Waals surface area contributed by atoms with E-state index in [2.05, 4.69) is 4.98 Å². The van der Waals surface area contributed by atoms with Crippen molar-refractivity contribution in [1.82, 2.24) is 9.88 Å². The number of Topliss-reactive ketones (excluding diaryl/α,β-unsaturated/α-hetero) is 1. The van der Waals surface area contributed by atoms with E-state index in [1.165, 1.54) is 6.20 Å². The van der Waals surface area contributed by atoms with Crippen LogP contribution >= 0.6 is 23.2 Å². The molecule has 1 aromatic carbocycles. The molecule has 0 atom stereocenters. The number of benzene rings is 1. The molecule has 0 spiro atoms. The fourth-order valence-corrected chi connectivity index (χ4v) is 2.92. The largest absolute Gasteiger partial charge is 0.484 e. The van der Waals surface area contributed by atoms with E-state index >= 15 is 0 Å². The number of rotatable bonds is 5. The minimum absolute atomic E-state index is 0.0784. The second-order valence-electron chi connectivity index (χ2n) is 5.59. The number of H-pyrrole nitrogens is 1. The maximum atomic E-state index is 12.3. The number of carbonyl (C=O) groups excluding carboxylic acids is 2. The fourth-order valence-electron chi connectivity index (χ4n) is 2.58. The summed E-state index contributed by atoms with van der Waals surface area (Å²) in [6.45, 7) is 1.34. The van der Waals surface area contributed by atoms with Crippen molar-refractivity contribution in [3.05, 3.63) is 51.8 Å². The second-order valence-corrected chi connectivity index (χ2v) is 6.43. The van der Waals surface area contributed by atoms with Crippen LogP contribution in [0.4, 0.5) is 0 Å². The molecule has 0 unspecified atom stereocenters. The molecule has 1 aliphatic heterocycles. The van der Waals surface area contributed by atoms with E-state index < -0.39 is 0 Å². The third-order valence-electron chi connectivity index (χ3n) is 3.88. The van der Waals surface area contributed by atoms with Crippen LogP contribution in [0.2, 0.25) is 10.0 Å². The highest BCUT2D eigenvalue weighted by Crippen LogP contribution is 2.27. The summed E-state index contributed by atoms with van der Waals surface area (Å²) in [5.74, 6) is 0.0227. The Morgan fingerprint density at radius 1 is 1.17 bits per heavy atom. The van der Waals surface area contributed by atoms with Crippen LogP contribution in [0.5, 0.6) is 5.75 Å². The number of halogens is 2. The molecule has 1 aromatic heterocycles. The maximum Gasteiger partial charge on any atom is 0.270 e. The summed E-state index contributed by atoms with van der Waals surface area (Å²) in [6, 6.07) is 6.36. The number of hydrogen-bond acceptors (Lipinski definition) is 3. The van der Waals surface area contributed by atoms with Crippen molar-refractivity contribution in [2.24, 2.45) is 0 Å². The molecule has 1 N–H and O–H groups in total. The number of amides is 1. The van der Waals surface area contributed by atoms with Gasteiger partial charge < -0.3 is 14.6 Å². The van der Waals surface area contributed by atoms with E-state index in [-0.39, 0.29) is 18.3 Å². The Labute approximate surface area is 149 Å². The van der Waals surface area contributed by atoms with Crippen molar-refractivity contribution in [2.45, 2.75) is 12.8 Å². The van der Waals surface area contributed by atoms with Gasteiger partial charge >= 0.3 is 0 Å². The SMILES string of the molecule is O=C(COc1cc(Cl)ccc1Cl)c1c[nH]c(C(=O)N2CCCC2)c1. The van der Waals surface area contributed by atoms with Crippen molar-refractivity contribution in [3.8, 4) is 5.75 Å². The molecule has 2 aromatic rings. The van der Waals surface area contributed by atoms with E-state index in [0.29, 0.717) is 27.1 Å². The van der Waals surface area contributed by atoms with Crippen molar-refractivity contribution >= 4 is 34.9 Å². The summed E-state index contributed by atoms with van der Waals surface area (Å²) in [6.07, 6.45) is 3.56. The summed E-state index contributed by atoms with van der Waals surface area (Å²) in [5, 5.41) is 0.855. The van der Waals surface area contributed by atoms with Gasteiger partial charge in [-0.3, -0.25) is 9.59 Å². The van der Waals surface area contributed by atoms with Gasteiger partial charge in [0.1, 0.15) is 11.4 Å². The van der Waals surface area contributed by atoms with E-state index in [4.69, 9.17) is 27.9 Å². The van der Waals surface area contributed by atoms with Crippen LogP contribution in [0.25, 0.3) is 0 Å². The predicted octanol–water partition coefficient (Wildman–Crippen LogP) is 3.82. The molecule has 3 rings (SSSR count). The summed E-state index contributed by atoms with van der Waals surface area (Å²) in [5.41, 5.74) is 0.816. The zero-order valence-electron chi connectivity index (χ0n) is 12.9. The number of carbonyl (C=O) groups is 2. The van der Waals surface area contributed by atoms with Crippen LogP contribution in [0.3, 0.4) is 0 Å². The Morgan fingerprint density at radius 2 is 1.92 bits per heavy atom. The number of ketones is 1. The summed E-state index contributed by atoms with van der Waals surface area (Å²) >= 11 is 11.9. The van der Waals surface area contributed by atoms with Crippen molar-refractivity contribution in [2.75, 3.05) is 19.7 Å². The van der Waals surface area contributed by atoms with Gasteiger partial charge in [0.05, 0.1) is 5.02 Å². The van der Waals surface area contributed by atoms with Gasteiger partial charge in [-0.1, -0.05) is 23.2 Å². The average molecular weight is 367 g/mol. The molecule has 0 radical (unpaired) electrons. The van der Waals surface area contributed by atoms with Gasteiger partial charge in [0, 0.05) is 35.9 Å². The molecule has 2 heterocycles. The van der Waals surface area contributed by atoms with Crippen molar-refractivity contribution in [1.29, 1.82) is 0 Å². The number of ether oxygens (including phenoxy) is 1. The van der Waals surface area contributed by atoms with Crippen LogP contribution in [0.15, 0.2) is 30.5 Å². The minimum atomic E-state index is -0.247. The molecular formula is C17H16Cl2N2O3. The highest BCUT2D eigenvalue weighted by atomic mass is 35.5. The van der Waals surface area contributed by atoms with Crippen LogP contribution < -0.4 is 4.74 Å². The lowest BCUT2D eigenvalue weighted by Crippen LogP contribution is -2.27. The summed E-state index contributed by atoms with van der Waals surface area (Å²) in [7, 11) is 0. The van der Waals surface area contributed by atoms with Crippen LogP contribution in [-0.4, -0.2) is 41.3 Å². The first kappa shape index (κ1) is 16.9. The predicted molar refractivity (Wildman–Crippen MR) is 92.2 cm³/mol. The molecule has 7 heteroatoms. The Morgan fingerprint density at radius 3 is 2.67 bits per heavy atom. The lowest BCUT2D eigenvalue weighted by Gasteiger charge is -2.13. The Kier molecular flexibility index (Phi) is 5.11. The molecule has 0 aliphatic carbocycles. The zero-order chi connectivity index (χ0) is 17.1. The Bertz CT molecular complexity index is 767. The topological polar surface area (TPSA) is 62.4 Å². The number of nitrogens with one attached hydrogen (secondary N) is 1. The molecule has 126 valence electrons. The van der Waals surface area contributed by atoms with E-state index in [9.17, 15) is 9.59 Å². The quantitative estimate of drug-likeness (QED) is 0.818. The van der Waals surface area contributed by atoms with E-state index in [1.807, 2.05) is 0 Å². The molecule has 1 amide bonds. The number of nitrogens with zero attached hydrogens (tertiary/aromatic N) is 1. The van der Waals surface area contributed by atoms with Gasteiger partial charge in [0.25, 0.3) is 5.91 Å². The van der Waals surface area contributed by atoms with E-state index in [1.54, 1.807) is 29.2 Å². The first-order chi connectivity index (χ1) is 11.5. The molecule has 0 bridgehead atoms. The summed E-state index contributed by atoms with van der Waals surface area (Å²) < 4.78 is 5.43. The molecule has 1 fully saturated rings. The fraction of sp³-hybridized carbons (Fsp3) is 0.294. The molecule has 0 saturated carbocycles. The molecule has 5 nitrogen and oxygen atoms in total. The first-order valence-electron chi connectivity index (χ1n) is 7.63. The van der Waals surface area contributed by atoms with Gasteiger partial charge in [-0.05, 0) is 31.0 Å². The van der Waals surface area contributed by atoms with Gasteiger partial charge in [0.2, 0.25) is 5.78 Å². The minimum Gasteiger partial charge on any atom is -0.484 e. The van der Waals surface area contributed by atoms with Gasteiger partial charge in [-0.2, -0.15) is 0 Å². The standard InChI is InChI=1S/C17H16Cl2N2O3/c18-12-3-4-13(19)16(8-12)24-10-15(22)11-7-14(20-9-11)17(23)21-5-1-2-6-21/h3-4,7-9,20H,1-2,5-6,10H2. The van der Waals surface area contributed by atoms with Gasteiger partial charge in [-0.15, -0.1) is 0 Å². The Hall–Kier alpha value is -1.98. The first-order valence-corrected chi connectivity index (χ1v) is 8.39. The average Bonchev–Trinajstić information content (AvgIpc) is 3.26. The highest BCUT2D eigenvalue weighted by molar-refractivity contribution is 6.34. The van der Waals surface area contributed by atoms with Crippen LogP contribution in [-0.2, 0) is 0 Å². The van der Waals surface area contributed by atoms with Crippen molar-refractivity contribution in [3.63, 3.8) is 0 Å². The van der Waals surface area contributed by atoms with E-state index in [0.717, 1.165) is 25.9 Å². The zero-order valence-corrected chi connectivity index (χ0v) is 14.4. The molecular weight excluding hydrogens is 351 g/mol. The Balaban J connectivity index is 1.63. The lowest BCUT2D eigenvalue weighted by molar-refractivity contribution is 0.0787. The number of hydrogen-bond donors (Lipinski definition) is 1. The number of aromatic nitrogens is 1. The highest BCUT2D eigenvalue weighted by Gasteiger charge is 2.21.